The van der Waals surface area contributed by atoms with Crippen LogP contribution >= 0.6 is 0 Å². The molecular weight excluding hydrogens is 506 g/mol. The number of aromatic nitrogens is 7. The zero-order valence-electron chi connectivity index (χ0n) is 24.8. The smallest absolute Gasteiger partial charge is 0.181 e. The summed E-state index contributed by atoms with van der Waals surface area (Å²) in [6.45, 7) is 17.6. The van der Waals surface area contributed by atoms with Crippen LogP contribution in [0.3, 0.4) is 0 Å². The molecular formula is C34H39N7. The molecule has 1 fully saturated rings. The average Bonchev–Trinajstić information content (AvgIpc) is 3.58. The Morgan fingerprint density at radius 3 is 2.63 bits per heavy atom. The predicted octanol–water partition coefficient (Wildman–Crippen LogP) is 7.80. The van der Waals surface area contributed by atoms with Gasteiger partial charge < -0.3 is 0 Å². The minimum Gasteiger partial charge on any atom is -0.273 e. The van der Waals surface area contributed by atoms with Crippen LogP contribution in [-0.4, -0.2) is 34.3 Å². The first-order valence-corrected chi connectivity index (χ1v) is 14.6. The normalized spacial score (nSPS) is 14.9. The molecule has 41 heavy (non-hydrogen) atoms. The number of aryl methyl sites for hydroxylation is 1. The first kappa shape index (κ1) is 26.9. The predicted molar refractivity (Wildman–Crippen MR) is 167 cm³/mol. The molecule has 4 heterocycles. The second-order valence-electron chi connectivity index (χ2n) is 11.8. The van der Waals surface area contributed by atoms with E-state index in [2.05, 4.69) is 81.1 Å². The van der Waals surface area contributed by atoms with Crippen molar-refractivity contribution in [2.24, 2.45) is 13.0 Å². The third-order valence-corrected chi connectivity index (χ3v) is 8.47. The number of rotatable bonds is 9. The molecule has 0 aliphatic heterocycles. The lowest BCUT2D eigenvalue weighted by atomic mass is 9.82. The van der Waals surface area contributed by atoms with E-state index in [1.165, 1.54) is 12.0 Å². The van der Waals surface area contributed by atoms with Crippen LogP contribution in [0.15, 0.2) is 73.6 Å². The molecule has 0 N–H and O–H groups in total. The molecule has 0 amide bonds. The highest BCUT2D eigenvalue weighted by atomic mass is 15.3. The van der Waals surface area contributed by atoms with E-state index in [1.54, 1.807) is 6.08 Å². The first-order valence-electron chi connectivity index (χ1n) is 14.6. The monoisotopic (exact) mass is 545 g/mol. The van der Waals surface area contributed by atoms with Crippen molar-refractivity contribution < 1.29 is 0 Å². The molecule has 4 aromatic heterocycles. The van der Waals surface area contributed by atoms with Gasteiger partial charge in [0.25, 0.3) is 0 Å². The maximum Gasteiger partial charge on any atom is 0.181 e. The molecule has 5 aromatic rings. The largest absolute Gasteiger partial charge is 0.273 e. The van der Waals surface area contributed by atoms with Gasteiger partial charge in [-0.25, -0.2) is 9.67 Å². The highest BCUT2D eigenvalue weighted by Crippen LogP contribution is 2.41. The van der Waals surface area contributed by atoms with Crippen molar-refractivity contribution in [3.05, 3.63) is 90.6 Å². The number of pyridine rings is 1. The van der Waals surface area contributed by atoms with Crippen LogP contribution in [0.1, 0.15) is 68.8 Å². The van der Waals surface area contributed by atoms with Crippen LogP contribution in [0, 0.1) is 12.8 Å². The summed E-state index contributed by atoms with van der Waals surface area (Å²) >= 11 is 0. The Bertz CT molecular complexity index is 1810. The number of hydrogen-bond acceptors (Lipinski definition) is 4. The van der Waals surface area contributed by atoms with Gasteiger partial charge in [-0.3, -0.25) is 9.36 Å². The van der Waals surface area contributed by atoms with Gasteiger partial charge in [0.1, 0.15) is 0 Å². The Morgan fingerprint density at radius 1 is 1.12 bits per heavy atom. The topological polar surface area (TPSA) is 66.3 Å². The van der Waals surface area contributed by atoms with E-state index >= 15 is 0 Å². The summed E-state index contributed by atoms with van der Waals surface area (Å²) in [6.07, 6.45) is 13.5. The second-order valence-corrected chi connectivity index (χ2v) is 11.8. The molecule has 1 saturated carbocycles. The fourth-order valence-electron chi connectivity index (χ4n) is 6.01. The van der Waals surface area contributed by atoms with Crippen LogP contribution in [0.5, 0.6) is 0 Å². The van der Waals surface area contributed by atoms with Gasteiger partial charge >= 0.3 is 0 Å². The van der Waals surface area contributed by atoms with Gasteiger partial charge in [0.15, 0.2) is 5.65 Å². The summed E-state index contributed by atoms with van der Waals surface area (Å²) < 4.78 is 6.02. The van der Waals surface area contributed by atoms with Gasteiger partial charge in [0.2, 0.25) is 0 Å². The van der Waals surface area contributed by atoms with Crippen molar-refractivity contribution >= 4 is 21.9 Å². The number of benzene rings is 1. The molecule has 0 bridgehead atoms. The fourth-order valence-corrected chi connectivity index (χ4v) is 6.01. The Morgan fingerprint density at radius 2 is 1.93 bits per heavy atom. The molecule has 1 aromatic carbocycles. The molecule has 0 spiro atoms. The molecule has 0 unspecified atom stereocenters. The molecule has 6 rings (SSSR count). The van der Waals surface area contributed by atoms with E-state index in [-0.39, 0.29) is 5.92 Å². The van der Waals surface area contributed by atoms with E-state index in [0.29, 0.717) is 11.8 Å². The number of hydrogen-bond donors (Lipinski definition) is 0. The van der Waals surface area contributed by atoms with Gasteiger partial charge in [0, 0.05) is 65.4 Å². The van der Waals surface area contributed by atoms with Crippen LogP contribution < -0.4 is 0 Å². The standard InChI is InChI=1S/C34H39N7/c1-8-9-12-22(4)23(5)18-40-20-28-27(15-11-16-29(28)36-40)33-31(21(2)3)24(6)41(37-33)30-17-26-19-39(7)38-34(26)35-32(30)25-13-10-14-25/h8-9,11-12,15-17,19-21,23,25H,1,4,10,13-14,18H2,2-3,5-7H3/b12-9-/t23-/m0/s1. The second kappa shape index (κ2) is 10.6. The third kappa shape index (κ3) is 4.83. The lowest BCUT2D eigenvalue weighted by Crippen LogP contribution is -2.15. The highest BCUT2D eigenvalue weighted by molar-refractivity contribution is 5.94. The van der Waals surface area contributed by atoms with Gasteiger partial charge in [0.05, 0.1) is 22.6 Å². The number of allylic oxidation sites excluding steroid dienone is 4. The van der Waals surface area contributed by atoms with Gasteiger partial charge in [-0.2, -0.15) is 15.3 Å². The molecule has 210 valence electrons. The summed E-state index contributed by atoms with van der Waals surface area (Å²) in [5, 5.41) is 17.0. The molecule has 0 radical (unpaired) electrons. The average molecular weight is 546 g/mol. The van der Waals surface area contributed by atoms with E-state index in [9.17, 15) is 0 Å². The molecule has 0 saturated heterocycles. The zero-order chi connectivity index (χ0) is 28.8. The first-order chi connectivity index (χ1) is 19.7. The lowest BCUT2D eigenvalue weighted by Gasteiger charge is -2.27. The molecule has 1 aliphatic carbocycles. The van der Waals surface area contributed by atoms with E-state index < -0.39 is 0 Å². The Balaban J connectivity index is 1.47. The molecule has 1 aliphatic rings. The SMILES string of the molecule is C=C/C=C\C(=C)[C@@H](C)Cn1cc2c(-c3nn(-c4cc5cn(C)nc5nc4C4CCC4)c(C)c3C(C)C)cccc2n1. The maximum atomic E-state index is 5.35. The number of nitrogens with zero attached hydrogens (tertiary/aromatic N) is 7. The van der Waals surface area contributed by atoms with E-state index in [1.807, 2.05) is 34.8 Å². The Labute approximate surface area is 241 Å². The third-order valence-electron chi connectivity index (χ3n) is 8.47. The number of fused-ring (bicyclic) bond motifs is 2. The fraction of sp³-hybridized carbons (Fsp3) is 0.353. The summed E-state index contributed by atoms with van der Waals surface area (Å²) in [6, 6.07) is 8.58. The summed E-state index contributed by atoms with van der Waals surface area (Å²) in [5.74, 6) is 0.994. The van der Waals surface area contributed by atoms with Gasteiger partial charge in [-0.15, -0.1) is 0 Å². The minimum atomic E-state index is 0.247. The quantitative estimate of drug-likeness (QED) is 0.177. The van der Waals surface area contributed by atoms with Crippen LogP contribution in [-0.2, 0) is 13.6 Å². The van der Waals surface area contributed by atoms with Crippen molar-refractivity contribution in [1.82, 2.24) is 34.3 Å². The van der Waals surface area contributed by atoms with E-state index in [4.69, 9.17) is 15.2 Å². The van der Waals surface area contributed by atoms with Crippen molar-refractivity contribution in [2.75, 3.05) is 0 Å². The minimum absolute atomic E-state index is 0.247. The van der Waals surface area contributed by atoms with Crippen molar-refractivity contribution in [3.63, 3.8) is 0 Å². The molecule has 7 nitrogen and oxygen atoms in total. The van der Waals surface area contributed by atoms with Crippen LogP contribution in [0.4, 0.5) is 0 Å². The summed E-state index contributed by atoms with van der Waals surface area (Å²) in [5.41, 5.74) is 9.56. The van der Waals surface area contributed by atoms with Crippen LogP contribution in [0.2, 0.25) is 0 Å². The van der Waals surface area contributed by atoms with Gasteiger partial charge in [-0.1, -0.05) is 76.3 Å². The lowest BCUT2D eigenvalue weighted by molar-refractivity contribution is 0.410. The van der Waals surface area contributed by atoms with Gasteiger partial charge in [-0.05, 0) is 37.8 Å². The van der Waals surface area contributed by atoms with Crippen molar-refractivity contribution in [2.45, 2.75) is 65.3 Å². The van der Waals surface area contributed by atoms with Crippen molar-refractivity contribution in [1.29, 1.82) is 0 Å². The summed E-state index contributed by atoms with van der Waals surface area (Å²) in [7, 11) is 1.95. The zero-order valence-corrected chi connectivity index (χ0v) is 24.8. The maximum absolute atomic E-state index is 5.35. The molecule has 1 atom stereocenters. The van der Waals surface area contributed by atoms with Crippen molar-refractivity contribution in [3.8, 4) is 16.9 Å². The highest BCUT2D eigenvalue weighted by Gasteiger charge is 2.29. The Kier molecular flexibility index (Phi) is 6.98. The van der Waals surface area contributed by atoms with Crippen LogP contribution in [0.25, 0.3) is 38.9 Å². The van der Waals surface area contributed by atoms with E-state index in [0.717, 1.165) is 75.2 Å². The molecule has 7 heteroatoms. The Hall–Kier alpha value is -4.26. The summed E-state index contributed by atoms with van der Waals surface area (Å²) in [4.78, 5) is 5.08.